The average molecular weight is 398 g/mol. The van der Waals surface area contributed by atoms with E-state index in [2.05, 4.69) is 22.1 Å². The summed E-state index contributed by atoms with van der Waals surface area (Å²) in [5.41, 5.74) is 3.10. The Morgan fingerprint density at radius 3 is 2.76 bits per heavy atom. The lowest BCUT2D eigenvalue weighted by Gasteiger charge is -2.07. The highest BCUT2D eigenvalue weighted by molar-refractivity contribution is 5.81. The molecule has 10 heteroatoms. The van der Waals surface area contributed by atoms with E-state index >= 15 is 0 Å². The quantitative estimate of drug-likeness (QED) is 0.351. The van der Waals surface area contributed by atoms with E-state index in [1.165, 1.54) is 23.9 Å². The van der Waals surface area contributed by atoms with Gasteiger partial charge in [0.05, 0.1) is 12.8 Å². The molecule has 0 bridgehead atoms. The molecule has 1 aromatic carbocycles. The lowest BCUT2D eigenvalue weighted by atomic mass is 10.2. The van der Waals surface area contributed by atoms with E-state index in [0.717, 1.165) is 4.57 Å². The number of anilines is 1. The van der Waals surface area contributed by atoms with Crippen molar-refractivity contribution in [2.75, 3.05) is 12.0 Å². The molecule has 2 aromatic heterocycles. The number of ether oxygens (including phenoxy) is 1. The molecule has 10 nitrogen and oxygen atoms in total. The fourth-order valence-corrected chi connectivity index (χ4v) is 2.89. The lowest BCUT2D eigenvalue weighted by molar-refractivity contribution is 0.318. The van der Waals surface area contributed by atoms with Gasteiger partial charge in [-0.05, 0) is 30.7 Å². The molecule has 0 saturated carbocycles. The zero-order valence-electron chi connectivity index (χ0n) is 16.4. The highest BCUT2D eigenvalue weighted by atomic mass is 16.5. The smallest absolute Gasteiger partial charge is 0.332 e. The molecule has 0 spiro atoms. The van der Waals surface area contributed by atoms with Gasteiger partial charge in [-0.1, -0.05) is 6.08 Å². The Morgan fingerprint density at radius 1 is 1.31 bits per heavy atom. The zero-order chi connectivity index (χ0) is 21.1. The fraction of sp³-hybridized carbons (Fsp3) is 0.263. The summed E-state index contributed by atoms with van der Waals surface area (Å²) in [6.07, 6.45) is 3.14. The van der Waals surface area contributed by atoms with Gasteiger partial charge in [0.1, 0.15) is 0 Å². The molecule has 3 aromatic rings. The second kappa shape index (κ2) is 8.05. The van der Waals surface area contributed by atoms with Gasteiger partial charge < -0.3 is 9.84 Å². The number of aryl methyl sites for hydroxylation is 1. The van der Waals surface area contributed by atoms with Gasteiger partial charge in [0, 0.05) is 20.6 Å². The van der Waals surface area contributed by atoms with Gasteiger partial charge in [0.2, 0.25) is 5.95 Å². The average Bonchev–Trinajstić information content (AvgIpc) is 3.06. The molecule has 3 rings (SSSR count). The Bertz CT molecular complexity index is 1220. The maximum absolute atomic E-state index is 12.6. The van der Waals surface area contributed by atoms with Gasteiger partial charge in [-0.15, -0.1) is 6.58 Å². The first-order valence-electron chi connectivity index (χ1n) is 8.91. The summed E-state index contributed by atoms with van der Waals surface area (Å²) < 4.78 is 9.29. The number of phenolic OH excluding ortho intramolecular Hbond substituents is 1. The van der Waals surface area contributed by atoms with Crippen LogP contribution in [0.1, 0.15) is 12.5 Å². The molecule has 0 aliphatic rings. The number of fused-ring (bicyclic) bond motifs is 1. The van der Waals surface area contributed by atoms with Gasteiger partial charge in [0.15, 0.2) is 22.7 Å². The number of nitrogens with one attached hydrogen (secondary N) is 1. The van der Waals surface area contributed by atoms with Crippen LogP contribution in [0.25, 0.3) is 11.2 Å². The van der Waals surface area contributed by atoms with Gasteiger partial charge in [0.25, 0.3) is 5.56 Å². The third-order valence-corrected chi connectivity index (χ3v) is 4.32. The summed E-state index contributed by atoms with van der Waals surface area (Å²) >= 11 is 0. The van der Waals surface area contributed by atoms with Crippen LogP contribution in [-0.4, -0.2) is 36.6 Å². The largest absolute Gasteiger partial charge is 0.504 e. The first-order valence-corrected chi connectivity index (χ1v) is 8.91. The molecule has 2 N–H and O–H groups in total. The van der Waals surface area contributed by atoms with Crippen molar-refractivity contribution in [2.45, 2.75) is 13.5 Å². The number of imidazole rings is 1. The lowest BCUT2D eigenvalue weighted by Crippen LogP contribution is -2.37. The van der Waals surface area contributed by atoms with E-state index in [0.29, 0.717) is 30.4 Å². The van der Waals surface area contributed by atoms with E-state index in [-0.39, 0.29) is 16.9 Å². The van der Waals surface area contributed by atoms with Gasteiger partial charge in [-0.3, -0.25) is 18.5 Å². The van der Waals surface area contributed by atoms with Gasteiger partial charge in [-0.2, -0.15) is 10.1 Å². The number of phenols is 1. The molecular weight excluding hydrogens is 376 g/mol. The molecule has 2 heterocycles. The number of allylic oxidation sites excluding steroid dienone is 1. The third kappa shape index (κ3) is 3.64. The molecule has 0 unspecified atom stereocenters. The van der Waals surface area contributed by atoms with E-state index in [4.69, 9.17) is 4.74 Å². The van der Waals surface area contributed by atoms with Crippen molar-refractivity contribution >= 4 is 23.3 Å². The number of benzene rings is 1. The number of hydrogen-bond donors (Lipinski definition) is 2. The van der Waals surface area contributed by atoms with Crippen molar-refractivity contribution in [3.05, 3.63) is 57.3 Å². The number of rotatable bonds is 7. The second-order valence-corrected chi connectivity index (χ2v) is 6.24. The van der Waals surface area contributed by atoms with Gasteiger partial charge in [-0.25, -0.2) is 10.2 Å². The van der Waals surface area contributed by atoms with Crippen molar-refractivity contribution in [3.63, 3.8) is 0 Å². The van der Waals surface area contributed by atoms with Crippen LogP contribution in [0.15, 0.2) is 45.5 Å². The molecule has 0 aliphatic heterocycles. The van der Waals surface area contributed by atoms with Crippen LogP contribution in [0, 0.1) is 0 Å². The zero-order valence-corrected chi connectivity index (χ0v) is 16.4. The molecule has 0 radical (unpaired) electrons. The van der Waals surface area contributed by atoms with Crippen LogP contribution in [0.3, 0.4) is 0 Å². The first kappa shape index (κ1) is 19.9. The highest BCUT2D eigenvalue weighted by Crippen LogP contribution is 2.26. The Hall–Kier alpha value is -3.82. The third-order valence-electron chi connectivity index (χ3n) is 4.32. The minimum Gasteiger partial charge on any atom is -0.504 e. The van der Waals surface area contributed by atoms with Crippen LogP contribution in [0.2, 0.25) is 0 Å². The minimum atomic E-state index is -0.464. The number of hydrogen-bond acceptors (Lipinski definition) is 7. The maximum atomic E-state index is 12.6. The number of hydrazone groups is 1. The molecule has 0 fully saturated rings. The van der Waals surface area contributed by atoms with Crippen molar-refractivity contribution in [3.8, 4) is 11.5 Å². The number of aromatic nitrogens is 4. The Kier molecular flexibility index (Phi) is 5.53. The summed E-state index contributed by atoms with van der Waals surface area (Å²) in [5.74, 6) is 0.689. The van der Waals surface area contributed by atoms with Crippen LogP contribution in [0.5, 0.6) is 11.5 Å². The van der Waals surface area contributed by atoms with Crippen LogP contribution in [0.4, 0.5) is 5.95 Å². The van der Waals surface area contributed by atoms with Crippen molar-refractivity contribution in [1.82, 2.24) is 18.7 Å². The summed E-state index contributed by atoms with van der Waals surface area (Å²) in [7, 11) is 2.97. The summed E-state index contributed by atoms with van der Waals surface area (Å²) in [6.45, 7) is 6.26. The fourth-order valence-electron chi connectivity index (χ4n) is 2.89. The predicted octanol–water partition coefficient (Wildman–Crippen LogP) is 1.17. The maximum Gasteiger partial charge on any atom is 0.332 e. The van der Waals surface area contributed by atoms with E-state index < -0.39 is 11.2 Å². The highest BCUT2D eigenvalue weighted by Gasteiger charge is 2.18. The SMILES string of the molecule is C=CCn1c(N/N=C/c2ccc(O)c(OCC)c2)nc2c1c(=O)n(C)c(=O)n2C. The van der Waals surface area contributed by atoms with Crippen molar-refractivity contribution in [2.24, 2.45) is 19.2 Å². The van der Waals surface area contributed by atoms with Crippen molar-refractivity contribution < 1.29 is 9.84 Å². The summed E-state index contributed by atoms with van der Waals surface area (Å²) in [5, 5.41) is 13.9. The monoisotopic (exact) mass is 398 g/mol. The standard InChI is InChI=1S/C19H22N6O4/c1-5-9-25-15-16(23(3)19(28)24(4)17(15)27)21-18(25)22-20-11-12-7-8-13(26)14(10-12)29-6-2/h5,7-8,10-11,26H,1,6,9H2,2-4H3,(H,21,22)/b20-11+. The molecule has 152 valence electrons. The first-order chi connectivity index (χ1) is 13.9. The molecule has 0 amide bonds. The Morgan fingerprint density at radius 2 is 2.07 bits per heavy atom. The van der Waals surface area contributed by atoms with Crippen LogP contribution >= 0.6 is 0 Å². The Labute approximate surface area is 166 Å². The van der Waals surface area contributed by atoms with E-state index in [9.17, 15) is 14.7 Å². The van der Waals surface area contributed by atoms with Crippen LogP contribution < -0.4 is 21.4 Å². The molecule has 29 heavy (non-hydrogen) atoms. The second-order valence-electron chi connectivity index (χ2n) is 6.24. The number of nitrogens with zero attached hydrogens (tertiary/aromatic N) is 5. The Balaban J connectivity index is 2.00. The van der Waals surface area contributed by atoms with Gasteiger partial charge >= 0.3 is 5.69 Å². The van der Waals surface area contributed by atoms with E-state index in [1.54, 1.807) is 29.8 Å². The molecule has 0 saturated heterocycles. The normalized spacial score (nSPS) is 11.3. The topological polar surface area (TPSA) is 116 Å². The van der Waals surface area contributed by atoms with E-state index in [1.807, 2.05) is 6.92 Å². The molecular formula is C19H22N6O4. The molecule has 0 atom stereocenters. The van der Waals surface area contributed by atoms with Crippen molar-refractivity contribution in [1.29, 1.82) is 0 Å². The number of aromatic hydroxyl groups is 1. The molecule has 0 aliphatic carbocycles. The summed E-state index contributed by atoms with van der Waals surface area (Å²) in [4.78, 5) is 29.1. The predicted molar refractivity (Wildman–Crippen MR) is 111 cm³/mol. The summed E-state index contributed by atoms with van der Waals surface area (Å²) in [6, 6.07) is 4.84. The minimum absolute atomic E-state index is 0.0431. The van der Waals surface area contributed by atoms with Crippen LogP contribution in [-0.2, 0) is 20.6 Å².